The monoisotopic (exact) mass is 266 g/mol. The van der Waals surface area contributed by atoms with E-state index < -0.39 is 0 Å². The molecule has 2 N–H and O–H groups in total. The van der Waals surface area contributed by atoms with Gasteiger partial charge in [-0.25, -0.2) is 0 Å². The first-order valence-corrected chi connectivity index (χ1v) is 7.99. The summed E-state index contributed by atoms with van der Waals surface area (Å²) in [5.74, 6) is 1.18. The van der Waals surface area contributed by atoms with E-state index in [9.17, 15) is 4.79 Å². The van der Waals surface area contributed by atoms with Crippen molar-refractivity contribution in [2.75, 3.05) is 13.1 Å². The van der Waals surface area contributed by atoms with Crippen molar-refractivity contribution in [3.63, 3.8) is 0 Å². The lowest BCUT2D eigenvalue weighted by Crippen LogP contribution is -2.49. The molecule has 0 spiro atoms. The summed E-state index contributed by atoms with van der Waals surface area (Å²) in [7, 11) is 0. The van der Waals surface area contributed by atoms with Crippen LogP contribution in [-0.4, -0.2) is 25.0 Å². The fourth-order valence-electron chi connectivity index (χ4n) is 3.72. The Morgan fingerprint density at radius 1 is 1.05 bits per heavy atom. The van der Waals surface area contributed by atoms with Gasteiger partial charge in [-0.1, -0.05) is 33.6 Å². The van der Waals surface area contributed by atoms with Crippen molar-refractivity contribution in [2.24, 2.45) is 17.3 Å². The molecule has 1 aliphatic heterocycles. The van der Waals surface area contributed by atoms with E-state index in [2.05, 4.69) is 31.4 Å². The van der Waals surface area contributed by atoms with E-state index in [4.69, 9.17) is 0 Å². The van der Waals surface area contributed by atoms with Gasteiger partial charge >= 0.3 is 0 Å². The van der Waals surface area contributed by atoms with Crippen LogP contribution in [0.4, 0.5) is 0 Å². The van der Waals surface area contributed by atoms with Crippen molar-refractivity contribution in [2.45, 2.75) is 65.3 Å². The van der Waals surface area contributed by atoms with Gasteiger partial charge in [0.05, 0.1) is 0 Å². The highest BCUT2D eigenvalue weighted by Crippen LogP contribution is 2.38. The number of nitrogens with one attached hydrogen (secondary N) is 2. The predicted octanol–water partition coefficient (Wildman–Crippen LogP) is 2.71. The lowest BCUT2D eigenvalue weighted by molar-refractivity contribution is -0.127. The van der Waals surface area contributed by atoms with Crippen LogP contribution < -0.4 is 10.6 Å². The molecular weight excluding hydrogens is 236 g/mol. The lowest BCUT2D eigenvalue weighted by atomic mass is 9.69. The summed E-state index contributed by atoms with van der Waals surface area (Å²) in [5, 5.41) is 6.70. The Kier molecular flexibility index (Phi) is 4.88. The zero-order valence-corrected chi connectivity index (χ0v) is 12.8. The molecule has 3 nitrogen and oxygen atoms in total. The zero-order chi connectivity index (χ0) is 13.9. The molecule has 2 aliphatic rings. The maximum Gasteiger partial charge on any atom is 0.223 e. The van der Waals surface area contributed by atoms with E-state index in [-0.39, 0.29) is 5.92 Å². The SMILES string of the molecule is CC(C)(C)C1CCCCC1NC(=O)C1CCNCC1. The van der Waals surface area contributed by atoms with Crippen LogP contribution in [0.3, 0.4) is 0 Å². The molecule has 0 aromatic carbocycles. The minimum absolute atomic E-state index is 0.240. The molecule has 2 fully saturated rings. The molecule has 2 rings (SSSR count). The molecule has 0 bridgehead atoms. The van der Waals surface area contributed by atoms with E-state index in [0.717, 1.165) is 25.9 Å². The number of carbonyl (C=O) groups excluding carboxylic acids is 1. The fourth-order valence-corrected chi connectivity index (χ4v) is 3.72. The highest BCUT2D eigenvalue weighted by atomic mass is 16.1. The lowest BCUT2D eigenvalue weighted by Gasteiger charge is -2.41. The number of carbonyl (C=O) groups is 1. The van der Waals surface area contributed by atoms with Gasteiger partial charge < -0.3 is 10.6 Å². The molecule has 19 heavy (non-hydrogen) atoms. The molecule has 1 saturated carbocycles. The predicted molar refractivity (Wildman–Crippen MR) is 78.9 cm³/mol. The third kappa shape index (κ3) is 3.95. The Morgan fingerprint density at radius 2 is 1.68 bits per heavy atom. The normalized spacial score (nSPS) is 30.1. The molecule has 1 amide bonds. The van der Waals surface area contributed by atoms with Crippen LogP contribution in [0.5, 0.6) is 0 Å². The van der Waals surface area contributed by atoms with Gasteiger partial charge in [0.15, 0.2) is 0 Å². The molecule has 0 aromatic rings. The Morgan fingerprint density at radius 3 is 2.32 bits per heavy atom. The summed E-state index contributed by atoms with van der Waals surface area (Å²) in [6.45, 7) is 8.92. The first kappa shape index (κ1) is 14.8. The quantitative estimate of drug-likeness (QED) is 0.807. The standard InChI is InChI=1S/C16H30N2O/c1-16(2,3)13-6-4-5-7-14(13)18-15(19)12-8-10-17-11-9-12/h12-14,17H,4-11H2,1-3H3,(H,18,19). The molecular formula is C16H30N2O. The summed E-state index contributed by atoms with van der Waals surface area (Å²) in [4.78, 5) is 12.4. The molecule has 2 atom stereocenters. The van der Waals surface area contributed by atoms with Crippen molar-refractivity contribution >= 4 is 5.91 Å². The van der Waals surface area contributed by atoms with E-state index in [1.165, 1.54) is 25.7 Å². The van der Waals surface area contributed by atoms with E-state index in [0.29, 0.717) is 23.3 Å². The maximum absolute atomic E-state index is 12.4. The Labute approximate surface area is 117 Å². The number of piperidine rings is 1. The minimum Gasteiger partial charge on any atom is -0.353 e. The number of hydrogen-bond donors (Lipinski definition) is 2. The second kappa shape index (κ2) is 6.25. The van der Waals surface area contributed by atoms with Gasteiger partial charge in [0.1, 0.15) is 0 Å². The number of hydrogen-bond acceptors (Lipinski definition) is 2. The number of amides is 1. The molecule has 1 saturated heterocycles. The van der Waals surface area contributed by atoms with E-state index in [1.54, 1.807) is 0 Å². The average molecular weight is 266 g/mol. The topological polar surface area (TPSA) is 41.1 Å². The Bertz CT molecular complexity index is 302. The largest absolute Gasteiger partial charge is 0.353 e. The van der Waals surface area contributed by atoms with Crippen LogP contribution in [0.2, 0.25) is 0 Å². The van der Waals surface area contributed by atoms with Crippen molar-refractivity contribution in [3.05, 3.63) is 0 Å². The fraction of sp³-hybridized carbons (Fsp3) is 0.938. The van der Waals surface area contributed by atoms with Crippen molar-refractivity contribution in [1.82, 2.24) is 10.6 Å². The van der Waals surface area contributed by atoms with Gasteiger partial charge in [-0.3, -0.25) is 4.79 Å². The average Bonchev–Trinajstić information content (AvgIpc) is 2.39. The highest BCUT2D eigenvalue weighted by molar-refractivity contribution is 5.79. The van der Waals surface area contributed by atoms with E-state index >= 15 is 0 Å². The van der Waals surface area contributed by atoms with Gasteiger partial charge in [-0.15, -0.1) is 0 Å². The van der Waals surface area contributed by atoms with Crippen molar-refractivity contribution in [1.29, 1.82) is 0 Å². The third-order valence-corrected chi connectivity index (χ3v) is 4.92. The highest BCUT2D eigenvalue weighted by Gasteiger charge is 2.35. The van der Waals surface area contributed by atoms with Crippen LogP contribution in [0.25, 0.3) is 0 Å². The molecule has 0 aromatic heterocycles. The van der Waals surface area contributed by atoms with Crippen LogP contribution in [-0.2, 0) is 4.79 Å². The van der Waals surface area contributed by atoms with Crippen molar-refractivity contribution < 1.29 is 4.79 Å². The van der Waals surface area contributed by atoms with Gasteiger partial charge in [-0.2, -0.15) is 0 Å². The van der Waals surface area contributed by atoms with Gasteiger partial charge in [-0.05, 0) is 50.1 Å². The van der Waals surface area contributed by atoms with Crippen LogP contribution in [0, 0.1) is 17.3 Å². The van der Waals surface area contributed by atoms with Crippen LogP contribution >= 0.6 is 0 Å². The summed E-state index contributed by atoms with van der Waals surface area (Å²) in [6.07, 6.45) is 7.02. The van der Waals surface area contributed by atoms with Gasteiger partial charge in [0.2, 0.25) is 5.91 Å². The smallest absolute Gasteiger partial charge is 0.223 e. The molecule has 1 aliphatic carbocycles. The summed E-state index contributed by atoms with van der Waals surface area (Å²) in [6, 6.07) is 0.399. The molecule has 1 heterocycles. The van der Waals surface area contributed by atoms with Gasteiger partial charge in [0.25, 0.3) is 0 Å². The first-order valence-electron chi connectivity index (χ1n) is 7.99. The molecule has 3 heteroatoms. The van der Waals surface area contributed by atoms with Gasteiger partial charge in [0, 0.05) is 12.0 Å². The van der Waals surface area contributed by atoms with E-state index in [1.807, 2.05) is 0 Å². The molecule has 0 radical (unpaired) electrons. The molecule has 110 valence electrons. The second-order valence-corrected chi connectivity index (χ2v) is 7.40. The van der Waals surface area contributed by atoms with Crippen molar-refractivity contribution in [3.8, 4) is 0 Å². The Balaban J connectivity index is 1.93. The first-order chi connectivity index (χ1) is 8.98. The zero-order valence-electron chi connectivity index (χ0n) is 12.8. The van der Waals surface area contributed by atoms with Crippen LogP contribution in [0.1, 0.15) is 59.3 Å². The summed E-state index contributed by atoms with van der Waals surface area (Å²) in [5.41, 5.74) is 0.298. The minimum atomic E-state index is 0.240. The molecule has 2 unspecified atom stereocenters. The van der Waals surface area contributed by atoms with Crippen LogP contribution in [0.15, 0.2) is 0 Å². The maximum atomic E-state index is 12.4. The Hall–Kier alpha value is -0.570. The summed E-state index contributed by atoms with van der Waals surface area (Å²) < 4.78 is 0. The number of rotatable bonds is 2. The second-order valence-electron chi connectivity index (χ2n) is 7.40. The summed E-state index contributed by atoms with van der Waals surface area (Å²) >= 11 is 0. The third-order valence-electron chi connectivity index (χ3n) is 4.92.